The summed E-state index contributed by atoms with van der Waals surface area (Å²) in [5, 5.41) is 0. The number of alkyl halides is 1. The number of hydrogen-bond acceptors (Lipinski definition) is 4. The predicted octanol–water partition coefficient (Wildman–Crippen LogP) is 6.09. The number of phosphoric ester groups is 1. The summed E-state index contributed by atoms with van der Waals surface area (Å²) >= 11 is 5.90. The molecule has 0 spiro atoms. The fraction of sp³-hybridized carbons (Fsp3) is 0.333. The second kappa shape index (κ2) is 7.60. The first-order valence-electron chi connectivity index (χ1n) is 7.66. The highest BCUT2D eigenvalue weighted by molar-refractivity contribution is 7.49. The molecule has 1 unspecified atom stereocenters. The molecule has 24 heavy (non-hydrogen) atoms. The second-order valence-electron chi connectivity index (χ2n) is 5.72. The highest BCUT2D eigenvalue weighted by atomic mass is 35.5. The van der Waals surface area contributed by atoms with Crippen LogP contribution in [-0.4, -0.2) is 5.56 Å². The molecule has 0 aliphatic carbocycles. The van der Waals surface area contributed by atoms with Gasteiger partial charge < -0.3 is 9.05 Å². The van der Waals surface area contributed by atoms with Crippen LogP contribution in [-0.2, 0) is 9.09 Å². The SMILES string of the molecule is Cc1cccc(C)c1OP(=O)(Oc1c(C)cccc1C)OC(C)Cl. The zero-order valence-electron chi connectivity index (χ0n) is 14.5. The van der Waals surface area contributed by atoms with Crippen LogP contribution in [0, 0.1) is 27.7 Å². The van der Waals surface area contributed by atoms with Gasteiger partial charge in [0.25, 0.3) is 0 Å². The lowest BCUT2D eigenvalue weighted by Gasteiger charge is -2.23. The van der Waals surface area contributed by atoms with Crippen LogP contribution in [0.2, 0.25) is 0 Å². The Morgan fingerprint density at radius 3 is 1.46 bits per heavy atom. The van der Waals surface area contributed by atoms with Crippen molar-refractivity contribution in [2.24, 2.45) is 0 Å². The standard InChI is InChI=1S/C18H22ClO4P/c1-12-8-6-9-13(2)17(12)22-24(20,21-16(5)19)23-18-14(3)10-7-11-15(18)4/h6-11,16H,1-5H3. The smallest absolute Gasteiger partial charge is 0.394 e. The minimum atomic E-state index is -3.96. The lowest BCUT2D eigenvalue weighted by atomic mass is 10.1. The van der Waals surface area contributed by atoms with Crippen LogP contribution in [0.4, 0.5) is 0 Å². The Kier molecular flexibility index (Phi) is 5.97. The number of phosphoric acid groups is 1. The number of rotatable bonds is 6. The molecule has 0 fully saturated rings. The summed E-state index contributed by atoms with van der Waals surface area (Å²) in [5.41, 5.74) is 2.53. The fourth-order valence-electron chi connectivity index (χ4n) is 2.35. The summed E-state index contributed by atoms with van der Waals surface area (Å²) in [6.07, 6.45) is 0. The second-order valence-corrected chi connectivity index (χ2v) is 7.81. The van der Waals surface area contributed by atoms with Gasteiger partial charge in [-0.1, -0.05) is 48.0 Å². The van der Waals surface area contributed by atoms with E-state index in [1.807, 2.05) is 64.1 Å². The molecular formula is C18H22ClO4P. The first-order chi connectivity index (χ1) is 11.2. The van der Waals surface area contributed by atoms with Crippen molar-refractivity contribution < 1.29 is 18.1 Å². The van der Waals surface area contributed by atoms with Crippen molar-refractivity contribution in [1.29, 1.82) is 0 Å². The van der Waals surface area contributed by atoms with E-state index >= 15 is 0 Å². The van der Waals surface area contributed by atoms with E-state index in [1.165, 1.54) is 0 Å². The van der Waals surface area contributed by atoms with Gasteiger partial charge in [0.2, 0.25) is 0 Å². The third-order valence-corrected chi connectivity index (χ3v) is 5.10. The fourth-order valence-corrected chi connectivity index (χ4v) is 4.14. The summed E-state index contributed by atoms with van der Waals surface area (Å²) in [7, 11) is -3.96. The summed E-state index contributed by atoms with van der Waals surface area (Å²) in [5.74, 6) is 0.953. The normalized spacial score (nSPS) is 12.8. The van der Waals surface area contributed by atoms with Crippen LogP contribution in [0.5, 0.6) is 11.5 Å². The maximum absolute atomic E-state index is 13.2. The van der Waals surface area contributed by atoms with E-state index in [4.69, 9.17) is 25.2 Å². The van der Waals surface area contributed by atoms with Gasteiger partial charge in [-0.15, -0.1) is 0 Å². The third kappa shape index (κ3) is 4.54. The van der Waals surface area contributed by atoms with Gasteiger partial charge in [0.05, 0.1) is 0 Å². The average Bonchev–Trinajstić information content (AvgIpc) is 2.47. The van der Waals surface area contributed by atoms with Crippen LogP contribution in [0.1, 0.15) is 29.2 Å². The zero-order valence-corrected chi connectivity index (χ0v) is 16.1. The van der Waals surface area contributed by atoms with E-state index in [2.05, 4.69) is 0 Å². The molecule has 0 amide bonds. The minimum Gasteiger partial charge on any atom is -0.394 e. The van der Waals surface area contributed by atoms with Gasteiger partial charge in [-0.25, -0.2) is 9.09 Å². The molecular weight excluding hydrogens is 347 g/mol. The minimum absolute atomic E-state index is 0.476. The topological polar surface area (TPSA) is 44.8 Å². The Labute approximate surface area is 148 Å². The highest BCUT2D eigenvalue weighted by Gasteiger charge is 2.35. The molecule has 2 aromatic carbocycles. The van der Waals surface area contributed by atoms with Crippen molar-refractivity contribution in [2.45, 2.75) is 40.2 Å². The molecule has 0 radical (unpaired) electrons. The molecule has 0 aliphatic heterocycles. The van der Waals surface area contributed by atoms with Gasteiger partial charge in [-0.05, 0) is 56.9 Å². The van der Waals surface area contributed by atoms with E-state index < -0.39 is 13.4 Å². The monoisotopic (exact) mass is 368 g/mol. The molecule has 6 heteroatoms. The van der Waals surface area contributed by atoms with Gasteiger partial charge in [0, 0.05) is 0 Å². The van der Waals surface area contributed by atoms with Crippen LogP contribution >= 0.6 is 19.4 Å². The van der Waals surface area contributed by atoms with Gasteiger partial charge >= 0.3 is 7.82 Å². The van der Waals surface area contributed by atoms with Gasteiger partial charge in [-0.2, -0.15) is 0 Å². The van der Waals surface area contributed by atoms with Crippen LogP contribution in [0.25, 0.3) is 0 Å². The third-order valence-electron chi connectivity index (χ3n) is 3.50. The highest BCUT2D eigenvalue weighted by Crippen LogP contribution is 2.53. The van der Waals surface area contributed by atoms with Gasteiger partial charge in [0.1, 0.15) is 17.1 Å². The zero-order chi connectivity index (χ0) is 17.9. The number of para-hydroxylation sites is 2. The van der Waals surface area contributed by atoms with Gasteiger partial charge in [-0.3, -0.25) is 0 Å². The number of hydrogen-bond donors (Lipinski definition) is 0. The Morgan fingerprint density at radius 2 is 1.17 bits per heavy atom. The average molecular weight is 369 g/mol. The first kappa shape index (κ1) is 18.9. The van der Waals surface area contributed by atoms with Crippen LogP contribution in [0.3, 0.4) is 0 Å². The molecule has 2 aromatic rings. The molecule has 0 saturated carbocycles. The summed E-state index contributed by atoms with van der Waals surface area (Å²) in [4.78, 5) is 0. The Balaban J connectivity index is 2.42. The molecule has 4 nitrogen and oxygen atoms in total. The van der Waals surface area contributed by atoms with Crippen molar-refractivity contribution >= 4 is 19.4 Å². The van der Waals surface area contributed by atoms with Gasteiger partial charge in [0.15, 0.2) is 0 Å². The Morgan fingerprint density at radius 1 is 0.833 bits per heavy atom. The molecule has 1 atom stereocenters. The molecule has 0 bridgehead atoms. The molecule has 2 rings (SSSR count). The number of aryl methyl sites for hydroxylation is 4. The van der Waals surface area contributed by atoms with Crippen molar-refractivity contribution in [3.05, 3.63) is 58.7 Å². The van der Waals surface area contributed by atoms with E-state index in [-0.39, 0.29) is 0 Å². The van der Waals surface area contributed by atoms with Crippen molar-refractivity contribution in [3.63, 3.8) is 0 Å². The van der Waals surface area contributed by atoms with Crippen molar-refractivity contribution in [2.75, 3.05) is 0 Å². The molecule has 0 aliphatic rings. The van der Waals surface area contributed by atoms with E-state index in [0.29, 0.717) is 11.5 Å². The molecule has 0 N–H and O–H groups in total. The largest absolute Gasteiger partial charge is 0.589 e. The van der Waals surface area contributed by atoms with E-state index in [9.17, 15) is 4.57 Å². The lowest BCUT2D eigenvalue weighted by molar-refractivity contribution is 0.198. The number of halogens is 1. The van der Waals surface area contributed by atoms with Crippen LogP contribution < -0.4 is 9.05 Å². The molecule has 0 heterocycles. The Bertz CT molecular complexity index is 676. The summed E-state index contributed by atoms with van der Waals surface area (Å²) in [6.45, 7) is 9.05. The van der Waals surface area contributed by atoms with E-state index in [0.717, 1.165) is 22.3 Å². The van der Waals surface area contributed by atoms with Crippen LogP contribution in [0.15, 0.2) is 36.4 Å². The lowest BCUT2D eigenvalue weighted by Crippen LogP contribution is -2.10. The maximum Gasteiger partial charge on any atom is 0.589 e. The summed E-state index contributed by atoms with van der Waals surface area (Å²) < 4.78 is 30.0. The molecule has 130 valence electrons. The first-order valence-corrected chi connectivity index (χ1v) is 9.55. The van der Waals surface area contributed by atoms with Crippen molar-refractivity contribution in [1.82, 2.24) is 0 Å². The maximum atomic E-state index is 13.2. The summed E-state index contributed by atoms with van der Waals surface area (Å²) in [6, 6.07) is 11.3. The predicted molar refractivity (Wildman–Crippen MR) is 97.1 cm³/mol. The molecule has 0 aromatic heterocycles. The van der Waals surface area contributed by atoms with Crippen molar-refractivity contribution in [3.8, 4) is 11.5 Å². The number of benzene rings is 2. The van der Waals surface area contributed by atoms with E-state index in [1.54, 1.807) is 6.92 Å². The molecule has 0 saturated heterocycles. The quantitative estimate of drug-likeness (QED) is 0.457. The Hall–Kier alpha value is -1.48.